The molecule has 2 heteroatoms. The Bertz CT molecular complexity index is 375. The highest BCUT2D eigenvalue weighted by molar-refractivity contribution is 5.55. The fourth-order valence-electron chi connectivity index (χ4n) is 2.78. The van der Waals surface area contributed by atoms with E-state index in [0.717, 1.165) is 18.0 Å². The van der Waals surface area contributed by atoms with Gasteiger partial charge >= 0.3 is 0 Å². The molecule has 3 unspecified atom stereocenters. The molecule has 1 aromatic rings. The lowest BCUT2D eigenvalue weighted by molar-refractivity contribution is 0.199. The summed E-state index contributed by atoms with van der Waals surface area (Å²) in [7, 11) is 0. The number of benzene rings is 1. The normalized spacial score (nSPS) is 26.9. The van der Waals surface area contributed by atoms with Gasteiger partial charge in [0.05, 0.1) is 6.10 Å². The number of para-hydroxylation sites is 1. The van der Waals surface area contributed by atoms with E-state index in [1.807, 2.05) is 19.1 Å². The largest absolute Gasteiger partial charge is 0.389 e. The first-order valence-electron chi connectivity index (χ1n) is 6.65. The minimum absolute atomic E-state index is 0.393. The van der Waals surface area contributed by atoms with Crippen LogP contribution in [0.4, 0.5) is 5.69 Å². The Morgan fingerprint density at radius 2 is 2.00 bits per heavy atom. The molecule has 1 aromatic carbocycles. The van der Waals surface area contributed by atoms with E-state index in [2.05, 4.69) is 30.9 Å². The Hall–Kier alpha value is -1.02. The van der Waals surface area contributed by atoms with Crippen molar-refractivity contribution in [2.24, 2.45) is 5.92 Å². The summed E-state index contributed by atoms with van der Waals surface area (Å²) in [6, 6.07) is 8.79. The molecule has 0 amide bonds. The number of hydrogen-bond donors (Lipinski definition) is 1. The Kier molecular flexibility index (Phi) is 3.72. The molecule has 1 N–H and O–H groups in total. The summed E-state index contributed by atoms with van der Waals surface area (Å²) >= 11 is 0. The second kappa shape index (κ2) is 5.09. The highest BCUT2D eigenvalue weighted by Crippen LogP contribution is 2.33. The summed E-state index contributed by atoms with van der Waals surface area (Å²) < 4.78 is 0. The van der Waals surface area contributed by atoms with Crippen molar-refractivity contribution in [2.75, 3.05) is 11.4 Å². The van der Waals surface area contributed by atoms with Gasteiger partial charge in [-0.25, -0.2) is 0 Å². The summed E-state index contributed by atoms with van der Waals surface area (Å²) in [4.78, 5) is 2.45. The Balaban J connectivity index is 2.32. The van der Waals surface area contributed by atoms with Crippen molar-refractivity contribution in [3.05, 3.63) is 29.8 Å². The number of aliphatic hydroxyl groups is 1. The van der Waals surface area contributed by atoms with E-state index >= 15 is 0 Å². The van der Waals surface area contributed by atoms with Crippen LogP contribution in [0.1, 0.15) is 45.3 Å². The van der Waals surface area contributed by atoms with Crippen LogP contribution in [-0.2, 0) is 0 Å². The van der Waals surface area contributed by atoms with E-state index in [9.17, 15) is 5.11 Å². The molecule has 0 spiro atoms. The third-order valence-corrected chi connectivity index (χ3v) is 4.07. The van der Waals surface area contributed by atoms with Gasteiger partial charge in [0, 0.05) is 23.8 Å². The Morgan fingerprint density at radius 3 is 2.71 bits per heavy atom. The van der Waals surface area contributed by atoms with E-state index in [1.165, 1.54) is 18.5 Å². The lowest BCUT2D eigenvalue weighted by Gasteiger charge is -2.40. The van der Waals surface area contributed by atoms with Gasteiger partial charge < -0.3 is 10.0 Å². The molecule has 0 radical (unpaired) electrons. The molecule has 1 aliphatic heterocycles. The average molecular weight is 233 g/mol. The number of anilines is 1. The van der Waals surface area contributed by atoms with Gasteiger partial charge in [-0.2, -0.15) is 0 Å². The third-order valence-electron chi connectivity index (χ3n) is 4.07. The van der Waals surface area contributed by atoms with Gasteiger partial charge in [-0.1, -0.05) is 25.1 Å². The van der Waals surface area contributed by atoms with Gasteiger partial charge in [0.1, 0.15) is 0 Å². The molecule has 0 aromatic heterocycles. The van der Waals surface area contributed by atoms with Gasteiger partial charge in [0.25, 0.3) is 0 Å². The Labute approximate surface area is 104 Å². The molecule has 2 rings (SSSR count). The van der Waals surface area contributed by atoms with Gasteiger partial charge in [-0.3, -0.25) is 0 Å². The number of aliphatic hydroxyl groups excluding tert-OH is 1. The SMILES string of the molecule is CC(O)c1ccccc1N1CCCC(C)C1C. The molecule has 1 heterocycles. The maximum absolute atomic E-state index is 9.86. The molecule has 0 saturated carbocycles. The number of nitrogens with zero attached hydrogens (tertiary/aromatic N) is 1. The van der Waals surface area contributed by atoms with Crippen molar-refractivity contribution in [1.29, 1.82) is 0 Å². The van der Waals surface area contributed by atoms with Crippen LogP contribution in [0, 0.1) is 5.92 Å². The highest BCUT2D eigenvalue weighted by atomic mass is 16.3. The van der Waals surface area contributed by atoms with Crippen LogP contribution in [0.3, 0.4) is 0 Å². The lowest BCUT2D eigenvalue weighted by Crippen LogP contribution is -2.43. The smallest absolute Gasteiger partial charge is 0.0781 e. The van der Waals surface area contributed by atoms with E-state index in [4.69, 9.17) is 0 Å². The van der Waals surface area contributed by atoms with Crippen LogP contribution < -0.4 is 4.90 Å². The van der Waals surface area contributed by atoms with Crippen LogP contribution in [0.15, 0.2) is 24.3 Å². The first-order chi connectivity index (χ1) is 8.11. The lowest BCUT2D eigenvalue weighted by atomic mass is 9.90. The number of hydrogen-bond acceptors (Lipinski definition) is 2. The topological polar surface area (TPSA) is 23.5 Å². The van der Waals surface area contributed by atoms with Crippen molar-refractivity contribution in [3.63, 3.8) is 0 Å². The first kappa shape index (κ1) is 12.4. The molecule has 17 heavy (non-hydrogen) atoms. The molecule has 3 atom stereocenters. The van der Waals surface area contributed by atoms with Crippen LogP contribution in [-0.4, -0.2) is 17.7 Å². The molecule has 1 saturated heterocycles. The second-order valence-corrected chi connectivity index (χ2v) is 5.29. The highest BCUT2D eigenvalue weighted by Gasteiger charge is 2.26. The standard InChI is InChI=1S/C15H23NO/c1-11-7-6-10-16(12(11)2)15-9-5-4-8-14(15)13(3)17/h4-5,8-9,11-13,17H,6-7,10H2,1-3H3. The van der Waals surface area contributed by atoms with Crippen LogP contribution >= 0.6 is 0 Å². The molecular weight excluding hydrogens is 210 g/mol. The van der Waals surface area contributed by atoms with Gasteiger partial charge in [-0.05, 0) is 38.7 Å². The van der Waals surface area contributed by atoms with Crippen molar-refractivity contribution in [1.82, 2.24) is 0 Å². The number of rotatable bonds is 2. The van der Waals surface area contributed by atoms with Crippen LogP contribution in [0.5, 0.6) is 0 Å². The van der Waals surface area contributed by atoms with E-state index in [0.29, 0.717) is 6.04 Å². The maximum Gasteiger partial charge on any atom is 0.0781 e. The summed E-state index contributed by atoms with van der Waals surface area (Å²) in [5, 5.41) is 9.86. The van der Waals surface area contributed by atoms with Crippen molar-refractivity contribution in [2.45, 2.75) is 45.8 Å². The maximum atomic E-state index is 9.86. The molecule has 2 nitrogen and oxygen atoms in total. The number of piperidine rings is 1. The molecule has 94 valence electrons. The first-order valence-corrected chi connectivity index (χ1v) is 6.65. The summed E-state index contributed by atoms with van der Waals surface area (Å²) in [6.07, 6.45) is 2.17. The third kappa shape index (κ3) is 2.47. The monoisotopic (exact) mass is 233 g/mol. The van der Waals surface area contributed by atoms with Crippen molar-refractivity contribution in [3.8, 4) is 0 Å². The van der Waals surface area contributed by atoms with Crippen molar-refractivity contribution < 1.29 is 5.11 Å². The fraction of sp³-hybridized carbons (Fsp3) is 0.600. The fourth-order valence-corrected chi connectivity index (χ4v) is 2.78. The zero-order valence-corrected chi connectivity index (χ0v) is 11.1. The summed E-state index contributed by atoms with van der Waals surface area (Å²) in [5.41, 5.74) is 2.26. The van der Waals surface area contributed by atoms with E-state index in [-0.39, 0.29) is 0 Å². The summed E-state index contributed by atoms with van der Waals surface area (Å²) in [6.45, 7) is 7.57. The minimum atomic E-state index is -0.393. The zero-order chi connectivity index (χ0) is 12.4. The molecule has 1 fully saturated rings. The molecule has 1 aliphatic rings. The zero-order valence-electron chi connectivity index (χ0n) is 11.1. The predicted molar refractivity (Wildman–Crippen MR) is 72.3 cm³/mol. The Morgan fingerprint density at radius 1 is 1.29 bits per heavy atom. The molecule has 0 bridgehead atoms. The quantitative estimate of drug-likeness (QED) is 0.846. The predicted octanol–water partition coefficient (Wildman–Crippen LogP) is 3.36. The van der Waals surface area contributed by atoms with E-state index in [1.54, 1.807) is 0 Å². The van der Waals surface area contributed by atoms with Gasteiger partial charge in [0.2, 0.25) is 0 Å². The van der Waals surface area contributed by atoms with Crippen LogP contribution in [0.25, 0.3) is 0 Å². The van der Waals surface area contributed by atoms with Gasteiger partial charge in [-0.15, -0.1) is 0 Å². The van der Waals surface area contributed by atoms with Crippen molar-refractivity contribution >= 4 is 5.69 Å². The minimum Gasteiger partial charge on any atom is -0.389 e. The second-order valence-electron chi connectivity index (χ2n) is 5.29. The summed E-state index contributed by atoms with van der Waals surface area (Å²) in [5.74, 6) is 0.728. The van der Waals surface area contributed by atoms with E-state index < -0.39 is 6.10 Å². The van der Waals surface area contributed by atoms with Crippen LogP contribution in [0.2, 0.25) is 0 Å². The van der Waals surface area contributed by atoms with Gasteiger partial charge in [0.15, 0.2) is 0 Å². The average Bonchev–Trinajstić information content (AvgIpc) is 2.33. The molecular formula is C15H23NO. The molecule has 0 aliphatic carbocycles.